The molecule has 0 saturated heterocycles. The van der Waals surface area contributed by atoms with Crippen LogP contribution in [0.25, 0.3) is 33.1 Å². The van der Waals surface area contributed by atoms with Crippen molar-refractivity contribution in [1.29, 1.82) is 5.26 Å². The zero-order valence-corrected chi connectivity index (χ0v) is 13.1. The first-order valence-corrected chi connectivity index (χ1v) is 7.31. The molecule has 0 spiro atoms. The molecule has 0 unspecified atom stereocenters. The summed E-state index contributed by atoms with van der Waals surface area (Å²) in [5.74, 6) is 0. The fourth-order valence-corrected chi connectivity index (χ4v) is 3.15. The lowest BCUT2D eigenvalue weighted by Crippen LogP contribution is -1.85. The number of pyridine rings is 2. The topological polar surface area (TPSA) is 83.2 Å². The monoisotopic (exact) mass is 352 g/mol. The summed E-state index contributed by atoms with van der Waals surface area (Å²) in [6.45, 7) is 0. The molecule has 1 N–H and O–H groups in total. The molecule has 0 aromatic carbocycles. The molecule has 0 radical (unpaired) electrons. The van der Waals surface area contributed by atoms with Crippen LogP contribution in [0.1, 0.15) is 5.69 Å². The van der Waals surface area contributed by atoms with E-state index in [2.05, 4.69) is 42.0 Å². The minimum Gasteiger partial charge on any atom is -0.338 e. The number of nitrogens with one attached hydrogen (secondary N) is 1. The van der Waals surface area contributed by atoms with Crippen molar-refractivity contribution >= 4 is 37.9 Å². The van der Waals surface area contributed by atoms with Gasteiger partial charge in [-0.1, -0.05) is 0 Å². The van der Waals surface area contributed by atoms with Gasteiger partial charge >= 0.3 is 0 Å². The molecule has 7 heteroatoms. The first kappa shape index (κ1) is 13.0. The lowest BCUT2D eigenvalue weighted by molar-refractivity contribution is 0.768. The van der Waals surface area contributed by atoms with Crippen LogP contribution in [0.3, 0.4) is 0 Å². The van der Waals surface area contributed by atoms with Crippen molar-refractivity contribution in [2.24, 2.45) is 7.05 Å². The van der Waals surface area contributed by atoms with Gasteiger partial charge < -0.3 is 4.98 Å². The predicted octanol–water partition coefficient (Wildman–Crippen LogP) is 3.15. The number of nitriles is 1. The molecule has 4 aromatic rings. The molecule has 4 aromatic heterocycles. The van der Waals surface area contributed by atoms with Crippen molar-refractivity contribution in [3.05, 3.63) is 41.0 Å². The molecule has 0 atom stereocenters. The Labute approximate surface area is 133 Å². The second-order valence-corrected chi connectivity index (χ2v) is 5.76. The Kier molecular flexibility index (Phi) is 2.74. The van der Waals surface area contributed by atoms with Crippen LogP contribution in [-0.4, -0.2) is 24.7 Å². The normalized spacial score (nSPS) is 11.1. The second kappa shape index (κ2) is 4.64. The van der Waals surface area contributed by atoms with Gasteiger partial charge in [0.2, 0.25) is 0 Å². The van der Waals surface area contributed by atoms with Crippen LogP contribution < -0.4 is 0 Å². The number of aromatic amines is 1. The Morgan fingerprint density at radius 2 is 2.09 bits per heavy atom. The lowest BCUT2D eigenvalue weighted by atomic mass is 10.1. The summed E-state index contributed by atoms with van der Waals surface area (Å²) >= 11 is 3.48. The molecule has 0 aliphatic carbocycles. The standard InChI is InChI=1S/C15H9BrN6/c1-22-7-9(5-20-22)8-2-10-13-12(21-15(10)19-4-8)6-18-11(3-17)14(13)16/h2,4-7H,1H3,(H,19,21). The van der Waals surface area contributed by atoms with E-state index in [0.717, 1.165) is 33.1 Å². The summed E-state index contributed by atoms with van der Waals surface area (Å²) in [6.07, 6.45) is 7.20. The van der Waals surface area contributed by atoms with E-state index in [9.17, 15) is 0 Å². The predicted molar refractivity (Wildman–Crippen MR) is 86.0 cm³/mol. The maximum atomic E-state index is 9.14. The van der Waals surface area contributed by atoms with Crippen molar-refractivity contribution in [3.8, 4) is 17.2 Å². The van der Waals surface area contributed by atoms with Crippen molar-refractivity contribution in [2.45, 2.75) is 0 Å². The minimum absolute atomic E-state index is 0.361. The van der Waals surface area contributed by atoms with Gasteiger partial charge in [-0.25, -0.2) is 9.97 Å². The van der Waals surface area contributed by atoms with Gasteiger partial charge in [-0.3, -0.25) is 4.68 Å². The second-order valence-electron chi connectivity index (χ2n) is 4.97. The van der Waals surface area contributed by atoms with Crippen molar-refractivity contribution < 1.29 is 0 Å². The maximum absolute atomic E-state index is 9.14. The zero-order valence-electron chi connectivity index (χ0n) is 11.5. The van der Waals surface area contributed by atoms with Gasteiger partial charge in [0.25, 0.3) is 0 Å². The highest BCUT2D eigenvalue weighted by molar-refractivity contribution is 9.10. The highest BCUT2D eigenvalue weighted by Gasteiger charge is 2.14. The Hall–Kier alpha value is -2.72. The third kappa shape index (κ3) is 1.81. The third-order valence-electron chi connectivity index (χ3n) is 3.57. The van der Waals surface area contributed by atoms with E-state index >= 15 is 0 Å². The van der Waals surface area contributed by atoms with E-state index in [-0.39, 0.29) is 0 Å². The van der Waals surface area contributed by atoms with Gasteiger partial charge in [-0.05, 0) is 22.0 Å². The zero-order chi connectivity index (χ0) is 15.3. The van der Waals surface area contributed by atoms with Gasteiger partial charge in [0.1, 0.15) is 11.7 Å². The molecule has 0 fully saturated rings. The average molecular weight is 353 g/mol. The number of halogens is 1. The van der Waals surface area contributed by atoms with E-state index in [1.807, 2.05) is 19.3 Å². The van der Waals surface area contributed by atoms with E-state index < -0.39 is 0 Å². The molecule has 4 heterocycles. The van der Waals surface area contributed by atoms with Gasteiger partial charge in [-0.15, -0.1) is 0 Å². The highest BCUT2D eigenvalue weighted by Crippen LogP contribution is 2.33. The number of aromatic nitrogens is 5. The fraction of sp³-hybridized carbons (Fsp3) is 0.0667. The van der Waals surface area contributed by atoms with E-state index in [1.165, 1.54) is 0 Å². The molecule has 22 heavy (non-hydrogen) atoms. The van der Waals surface area contributed by atoms with Crippen LogP contribution in [0.2, 0.25) is 0 Å². The molecule has 0 bridgehead atoms. The Balaban J connectivity index is 2.06. The maximum Gasteiger partial charge on any atom is 0.155 e. The molecule has 0 aliphatic rings. The molecule has 0 amide bonds. The van der Waals surface area contributed by atoms with Gasteiger partial charge in [0.05, 0.1) is 22.4 Å². The lowest BCUT2D eigenvalue weighted by Gasteiger charge is -1.99. The first-order chi connectivity index (χ1) is 10.7. The third-order valence-corrected chi connectivity index (χ3v) is 4.35. The summed E-state index contributed by atoms with van der Waals surface area (Å²) in [6, 6.07) is 4.13. The molecule has 0 aliphatic heterocycles. The minimum atomic E-state index is 0.361. The van der Waals surface area contributed by atoms with Crippen LogP contribution in [0.4, 0.5) is 0 Å². The van der Waals surface area contributed by atoms with Gasteiger partial charge in [-0.2, -0.15) is 10.4 Å². The Morgan fingerprint density at radius 3 is 2.82 bits per heavy atom. The summed E-state index contributed by atoms with van der Waals surface area (Å²) in [5.41, 5.74) is 3.94. The Bertz CT molecular complexity index is 1070. The summed E-state index contributed by atoms with van der Waals surface area (Å²) in [4.78, 5) is 11.8. The summed E-state index contributed by atoms with van der Waals surface area (Å²) in [5, 5.41) is 15.2. The van der Waals surface area contributed by atoms with Crippen LogP contribution in [0.15, 0.2) is 35.3 Å². The molecular weight excluding hydrogens is 344 g/mol. The Morgan fingerprint density at radius 1 is 1.23 bits per heavy atom. The molecule has 106 valence electrons. The number of nitrogens with zero attached hydrogens (tertiary/aromatic N) is 5. The number of H-pyrrole nitrogens is 1. The van der Waals surface area contributed by atoms with Crippen LogP contribution in [0.5, 0.6) is 0 Å². The molecule has 4 rings (SSSR count). The van der Waals surface area contributed by atoms with E-state index in [1.54, 1.807) is 23.3 Å². The SMILES string of the molecule is Cn1cc(-c2cnc3[nH]c4cnc(C#N)c(Br)c4c3c2)cn1. The summed E-state index contributed by atoms with van der Waals surface area (Å²) < 4.78 is 2.44. The number of rotatable bonds is 1. The van der Waals surface area contributed by atoms with Crippen LogP contribution in [0, 0.1) is 11.3 Å². The summed E-state index contributed by atoms with van der Waals surface area (Å²) in [7, 11) is 1.88. The van der Waals surface area contributed by atoms with E-state index in [4.69, 9.17) is 5.26 Å². The number of fused-ring (bicyclic) bond motifs is 3. The van der Waals surface area contributed by atoms with Crippen LogP contribution >= 0.6 is 15.9 Å². The van der Waals surface area contributed by atoms with Crippen LogP contribution in [-0.2, 0) is 7.05 Å². The number of hydrogen-bond donors (Lipinski definition) is 1. The number of aryl methyl sites for hydroxylation is 1. The molecular formula is C15H9BrN6. The van der Waals surface area contributed by atoms with Crippen molar-refractivity contribution in [3.63, 3.8) is 0 Å². The van der Waals surface area contributed by atoms with Crippen molar-refractivity contribution in [1.82, 2.24) is 24.7 Å². The highest BCUT2D eigenvalue weighted by atomic mass is 79.9. The van der Waals surface area contributed by atoms with Crippen molar-refractivity contribution in [2.75, 3.05) is 0 Å². The average Bonchev–Trinajstić information content (AvgIpc) is 3.10. The largest absolute Gasteiger partial charge is 0.338 e. The van der Waals surface area contributed by atoms with Gasteiger partial charge in [0, 0.05) is 41.3 Å². The molecule has 6 nitrogen and oxygen atoms in total. The molecule has 0 saturated carbocycles. The smallest absolute Gasteiger partial charge is 0.155 e. The first-order valence-electron chi connectivity index (χ1n) is 6.52. The van der Waals surface area contributed by atoms with Gasteiger partial charge in [0.15, 0.2) is 5.69 Å². The van der Waals surface area contributed by atoms with E-state index in [0.29, 0.717) is 10.2 Å². The number of hydrogen-bond acceptors (Lipinski definition) is 4. The fourth-order valence-electron chi connectivity index (χ4n) is 2.53. The quantitative estimate of drug-likeness (QED) is 0.570.